The number of amides is 1. The summed E-state index contributed by atoms with van der Waals surface area (Å²) in [6, 6.07) is 16.7. The minimum Gasteiger partial charge on any atom is -0.280 e. The molecule has 0 saturated carbocycles. The van der Waals surface area contributed by atoms with Crippen LogP contribution in [0.25, 0.3) is 22.3 Å². The summed E-state index contributed by atoms with van der Waals surface area (Å²) in [4.78, 5) is 18.4. The van der Waals surface area contributed by atoms with Crippen molar-refractivity contribution in [3.63, 3.8) is 0 Å². The van der Waals surface area contributed by atoms with Gasteiger partial charge in [0.1, 0.15) is 11.8 Å². The number of aromatic nitrogens is 4. The van der Waals surface area contributed by atoms with Crippen LogP contribution in [0.1, 0.15) is 11.3 Å². The van der Waals surface area contributed by atoms with Gasteiger partial charge in [0.2, 0.25) is 6.41 Å². The molecule has 3 heterocycles. The molecule has 0 bridgehead atoms. The van der Waals surface area contributed by atoms with E-state index in [9.17, 15) is 4.79 Å². The first-order valence-electron chi connectivity index (χ1n) is 9.42. The summed E-state index contributed by atoms with van der Waals surface area (Å²) in [5.74, 6) is 0.441. The molecule has 1 aromatic carbocycles. The Kier molecular flexibility index (Phi) is 7.79. The third-order valence-electron chi connectivity index (χ3n) is 4.25. The number of hydrazine groups is 1. The van der Waals surface area contributed by atoms with Crippen LogP contribution in [0.3, 0.4) is 0 Å². The molecule has 3 aromatic heterocycles. The van der Waals surface area contributed by atoms with Gasteiger partial charge >= 0.3 is 0 Å². The number of carbonyl (C=O) groups excluding carboxylic acids is 1. The third-order valence-corrected chi connectivity index (χ3v) is 4.50. The Morgan fingerprint density at radius 3 is 2.38 bits per heavy atom. The molecule has 2 N–H and O–H groups in total. The standard InChI is InChI=1S/C16H12ClN5O.C7H6N2/c17-13-3-1-11(2-4-13)14-9-19-21-16(22-20-10-23)15(14)12-5-7-18-8-6-12;1-6-2-3-7(4-8)9-5-6/h1-10H,(H,20,23)(H,21,22);2-3,5H,1H3. The summed E-state index contributed by atoms with van der Waals surface area (Å²) in [6.45, 7) is 1.94. The highest BCUT2D eigenvalue weighted by Gasteiger charge is 2.14. The summed E-state index contributed by atoms with van der Waals surface area (Å²) >= 11 is 5.96. The molecule has 0 aliphatic heterocycles. The van der Waals surface area contributed by atoms with Gasteiger partial charge in [0.05, 0.1) is 6.20 Å². The number of nitriles is 1. The second-order valence-electron chi connectivity index (χ2n) is 6.44. The molecule has 4 aromatic rings. The van der Waals surface area contributed by atoms with Crippen molar-refractivity contribution in [1.29, 1.82) is 5.26 Å². The number of hydrogen-bond acceptors (Lipinski definition) is 7. The number of hydrogen-bond donors (Lipinski definition) is 2. The number of carbonyl (C=O) groups is 1. The summed E-state index contributed by atoms with van der Waals surface area (Å²) in [5, 5.41) is 17.0. The smallest absolute Gasteiger partial charge is 0.225 e. The Balaban J connectivity index is 0.000000269. The van der Waals surface area contributed by atoms with E-state index in [2.05, 4.69) is 31.0 Å². The zero-order valence-electron chi connectivity index (χ0n) is 17.0. The number of aryl methyl sites for hydroxylation is 1. The lowest BCUT2D eigenvalue weighted by Gasteiger charge is -2.14. The summed E-state index contributed by atoms with van der Waals surface area (Å²) < 4.78 is 0. The fraction of sp³-hybridized carbons (Fsp3) is 0.0435. The SMILES string of the molecule is Cc1ccc(C#N)nc1.O=CNNc1nncc(-c2ccc(Cl)cc2)c1-c1ccncc1. The average Bonchev–Trinajstić information content (AvgIpc) is 2.84. The Labute approximate surface area is 189 Å². The summed E-state index contributed by atoms with van der Waals surface area (Å²) in [5.41, 5.74) is 10.2. The molecule has 0 fully saturated rings. The maximum absolute atomic E-state index is 10.6. The number of benzene rings is 1. The zero-order valence-corrected chi connectivity index (χ0v) is 17.8. The number of rotatable bonds is 5. The second-order valence-corrected chi connectivity index (χ2v) is 6.88. The van der Waals surface area contributed by atoms with E-state index in [0.29, 0.717) is 22.9 Å². The maximum atomic E-state index is 10.6. The van der Waals surface area contributed by atoms with Gasteiger partial charge in [-0.2, -0.15) is 10.4 Å². The Morgan fingerprint density at radius 2 is 1.75 bits per heavy atom. The Hall–Kier alpha value is -4.35. The van der Waals surface area contributed by atoms with Crippen LogP contribution in [0.4, 0.5) is 5.82 Å². The number of pyridine rings is 2. The van der Waals surface area contributed by atoms with E-state index in [0.717, 1.165) is 27.8 Å². The van der Waals surface area contributed by atoms with Crippen molar-refractivity contribution in [2.45, 2.75) is 6.92 Å². The Morgan fingerprint density at radius 1 is 1.00 bits per heavy atom. The van der Waals surface area contributed by atoms with Gasteiger partial charge in [-0.25, -0.2) is 4.98 Å². The molecular weight excluding hydrogens is 426 g/mol. The summed E-state index contributed by atoms with van der Waals surface area (Å²) in [6.07, 6.45) is 7.27. The fourth-order valence-electron chi connectivity index (χ4n) is 2.76. The number of halogens is 1. The molecule has 0 saturated heterocycles. The minimum atomic E-state index is 0.441. The van der Waals surface area contributed by atoms with Gasteiger partial charge in [0.15, 0.2) is 5.82 Å². The van der Waals surface area contributed by atoms with E-state index in [-0.39, 0.29) is 0 Å². The van der Waals surface area contributed by atoms with Crippen LogP contribution in [-0.2, 0) is 4.79 Å². The van der Waals surface area contributed by atoms with Crippen molar-refractivity contribution in [2.24, 2.45) is 0 Å². The van der Waals surface area contributed by atoms with Gasteiger partial charge in [0.25, 0.3) is 0 Å². The molecule has 158 valence electrons. The van der Waals surface area contributed by atoms with E-state index in [1.165, 1.54) is 0 Å². The zero-order chi connectivity index (χ0) is 22.8. The van der Waals surface area contributed by atoms with Gasteiger partial charge in [-0.3, -0.25) is 20.6 Å². The predicted octanol–water partition coefficient (Wildman–Crippen LogP) is 4.19. The molecule has 0 spiro atoms. The van der Waals surface area contributed by atoms with Gasteiger partial charge in [-0.1, -0.05) is 29.8 Å². The fourth-order valence-corrected chi connectivity index (χ4v) is 2.89. The Bertz CT molecular complexity index is 1210. The molecule has 0 aliphatic rings. The van der Waals surface area contributed by atoms with Crippen molar-refractivity contribution >= 4 is 23.8 Å². The lowest BCUT2D eigenvalue weighted by atomic mass is 9.97. The molecule has 4 rings (SSSR count). The molecule has 32 heavy (non-hydrogen) atoms. The molecule has 0 radical (unpaired) electrons. The van der Waals surface area contributed by atoms with Crippen molar-refractivity contribution in [1.82, 2.24) is 25.6 Å². The van der Waals surface area contributed by atoms with Gasteiger partial charge < -0.3 is 0 Å². The van der Waals surface area contributed by atoms with E-state index in [1.807, 2.05) is 55.5 Å². The molecular formula is C23H18ClN7O. The highest BCUT2D eigenvalue weighted by molar-refractivity contribution is 6.30. The lowest BCUT2D eigenvalue weighted by Crippen LogP contribution is -2.21. The van der Waals surface area contributed by atoms with Crippen LogP contribution in [0.15, 0.2) is 73.3 Å². The normalized spacial score (nSPS) is 9.66. The van der Waals surface area contributed by atoms with Gasteiger partial charge in [-0.15, -0.1) is 5.10 Å². The van der Waals surface area contributed by atoms with Gasteiger partial charge in [-0.05, 0) is 53.9 Å². The highest BCUT2D eigenvalue weighted by atomic mass is 35.5. The number of anilines is 1. The maximum Gasteiger partial charge on any atom is 0.225 e. The number of nitrogens with zero attached hydrogens (tertiary/aromatic N) is 5. The molecule has 8 nitrogen and oxygen atoms in total. The van der Waals surface area contributed by atoms with Crippen LogP contribution < -0.4 is 10.9 Å². The lowest BCUT2D eigenvalue weighted by molar-refractivity contribution is -0.109. The largest absolute Gasteiger partial charge is 0.280 e. The van der Waals surface area contributed by atoms with Gasteiger partial charge in [0, 0.05) is 34.7 Å². The van der Waals surface area contributed by atoms with Crippen molar-refractivity contribution in [3.05, 3.63) is 89.6 Å². The minimum absolute atomic E-state index is 0.441. The quantitative estimate of drug-likeness (QED) is 0.350. The van der Waals surface area contributed by atoms with Crippen LogP contribution in [0.2, 0.25) is 5.02 Å². The molecule has 0 unspecified atom stereocenters. The topological polar surface area (TPSA) is 116 Å². The molecule has 0 atom stereocenters. The first kappa shape index (κ1) is 22.3. The molecule has 0 aliphatic carbocycles. The van der Waals surface area contributed by atoms with Crippen LogP contribution >= 0.6 is 11.6 Å². The van der Waals surface area contributed by atoms with E-state index in [4.69, 9.17) is 16.9 Å². The summed E-state index contributed by atoms with van der Waals surface area (Å²) in [7, 11) is 0. The van der Waals surface area contributed by atoms with Crippen molar-refractivity contribution < 1.29 is 4.79 Å². The van der Waals surface area contributed by atoms with Crippen LogP contribution in [0.5, 0.6) is 0 Å². The van der Waals surface area contributed by atoms with Crippen LogP contribution in [-0.4, -0.2) is 26.6 Å². The monoisotopic (exact) mass is 443 g/mol. The van der Waals surface area contributed by atoms with Crippen LogP contribution in [0, 0.1) is 18.3 Å². The van der Waals surface area contributed by atoms with Crippen molar-refractivity contribution in [3.8, 4) is 28.3 Å². The van der Waals surface area contributed by atoms with E-state index < -0.39 is 0 Å². The van der Waals surface area contributed by atoms with E-state index >= 15 is 0 Å². The first-order chi connectivity index (χ1) is 15.6. The molecule has 9 heteroatoms. The predicted molar refractivity (Wildman–Crippen MR) is 122 cm³/mol. The highest BCUT2D eigenvalue weighted by Crippen LogP contribution is 2.35. The van der Waals surface area contributed by atoms with E-state index in [1.54, 1.807) is 30.9 Å². The first-order valence-corrected chi connectivity index (χ1v) is 9.80. The second kappa shape index (κ2) is 11.2. The van der Waals surface area contributed by atoms with Crippen molar-refractivity contribution in [2.75, 3.05) is 5.43 Å². The number of nitrogens with one attached hydrogen (secondary N) is 2. The third kappa shape index (κ3) is 5.84. The molecule has 1 amide bonds. The average molecular weight is 444 g/mol.